The number of carbonyl (C=O) groups is 1. The normalized spacial score (nSPS) is 19.1. The Kier molecular flexibility index (Phi) is 7.57. The van der Waals surface area contributed by atoms with Gasteiger partial charge in [0.25, 0.3) is 0 Å². The predicted molar refractivity (Wildman–Crippen MR) is 120 cm³/mol. The van der Waals surface area contributed by atoms with Crippen LogP contribution in [0, 0.1) is 22.5 Å². The summed E-state index contributed by atoms with van der Waals surface area (Å²) in [4.78, 5) is 13.5. The molecule has 5 N–H and O–H groups in total. The molecule has 2 aliphatic rings. The Morgan fingerprint density at radius 2 is 2.09 bits per heavy atom. The van der Waals surface area contributed by atoms with E-state index >= 15 is 0 Å². The van der Waals surface area contributed by atoms with E-state index in [0.29, 0.717) is 31.8 Å². The van der Waals surface area contributed by atoms with E-state index < -0.39 is 11.6 Å². The van der Waals surface area contributed by atoms with E-state index in [1.165, 1.54) is 19.2 Å². The van der Waals surface area contributed by atoms with E-state index in [4.69, 9.17) is 15.6 Å². The summed E-state index contributed by atoms with van der Waals surface area (Å²) in [7, 11) is 1.61. The highest BCUT2D eigenvalue weighted by atomic mass is 19.1. The van der Waals surface area contributed by atoms with E-state index in [-0.39, 0.29) is 41.2 Å². The quantitative estimate of drug-likeness (QED) is 0.326. The average Bonchev–Trinajstić information content (AvgIpc) is 3.27. The fourth-order valence-electron chi connectivity index (χ4n) is 3.74. The third kappa shape index (κ3) is 5.31. The summed E-state index contributed by atoms with van der Waals surface area (Å²) < 4.78 is 34.3. The summed E-state index contributed by atoms with van der Waals surface area (Å²) in [6, 6.07) is 2.08. The van der Waals surface area contributed by atoms with Crippen LogP contribution in [0.1, 0.15) is 25.3 Å². The molecule has 3 rings (SSSR count). The number of allylic oxidation sites excluding steroid dienone is 1. The van der Waals surface area contributed by atoms with Crippen LogP contribution < -0.4 is 16.0 Å². The molecule has 0 aliphatic carbocycles. The SMILES string of the molecule is CN/C=C(\C=N)c1cc(NC(=N)C2=C(NC3CCOC3)CCN(C(C)=O)C2)c(F)cc1F. The zero-order chi connectivity index (χ0) is 23.3. The van der Waals surface area contributed by atoms with Crippen molar-refractivity contribution in [3.63, 3.8) is 0 Å². The Labute approximate surface area is 185 Å². The largest absolute Gasteiger partial charge is 0.393 e. The van der Waals surface area contributed by atoms with Gasteiger partial charge in [0.05, 0.1) is 24.9 Å². The first-order chi connectivity index (χ1) is 15.3. The lowest BCUT2D eigenvalue weighted by Gasteiger charge is -2.32. The molecular weight excluding hydrogens is 418 g/mol. The number of anilines is 1. The van der Waals surface area contributed by atoms with Crippen molar-refractivity contribution in [3.8, 4) is 0 Å². The van der Waals surface area contributed by atoms with E-state index in [1.54, 1.807) is 11.9 Å². The molecule has 10 heteroatoms. The number of halogens is 2. The second kappa shape index (κ2) is 10.4. The van der Waals surface area contributed by atoms with Gasteiger partial charge >= 0.3 is 0 Å². The molecule has 8 nitrogen and oxygen atoms in total. The van der Waals surface area contributed by atoms with Crippen LogP contribution >= 0.6 is 0 Å². The fourth-order valence-corrected chi connectivity index (χ4v) is 3.74. The minimum absolute atomic E-state index is 0.0236. The second-order valence-corrected chi connectivity index (χ2v) is 7.70. The molecule has 2 aliphatic heterocycles. The maximum atomic E-state index is 14.5. The Morgan fingerprint density at radius 1 is 1.31 bits per heavy atom. The van der Waals surface area contributed by atoms with E-state index in [9.17, 15) is 13.6 Å². The van der Waals surface area contributed by atoms with Crippen molar-refractivity contribution in [2.75, 3.05) is 38.7 Å². The van der Waals surface area contributed by atoms with Gasteiger partial charge in [-0.2, -0.15) is 0 Å². The molecule has 172 valence electrons. The van der Waals surface area contributed by atoms with Crippen molar-refractivity contribution < 1.29 is 18.3 Å². The van der Waals surface area contributed by atoms with Crippen LogP contribution in [0.15, 0.2) is 29.6 Å². The van der Waals surface area contributed by atoms with Crippen LogP contribution in [0.4, 0.5) is 14.5 Å². The number of hydrogen-bond donors (Lipinski definition) is 5. The van der Waals surface area contributed by atoms with Gasteiger partial charge in [-0.1, -0.05) is 0 Å². The number of hydrogen-bond acceptors (Lipinski definition) is 6. The predicted octanol–water partition coefficient (Wildman–Crippen LogP) is 2.45. The number of ether oxygens (including phenoxy) is 1. The topological polar surface area (TPSA) is 113 Å². The Hall–Kier alpha value is -3.27. The number of carbonyl (C=O) groups excluding carboxylic acids is 1. The van der Waals surface area contributed by atoms with Crippen molar-refractivity contribution in [2.45, 2.75) is 25.8 Å². The Balaban J connectivity index is 1.91. The van der Waals surface area contributed by atoms with Crippen LogP contribution in [-0.4, -0.2) is 62.3 Å². The number of nitrogens with one attached hydrogen (secondary N) is 5. The molecule has 1 fully saturated rings. The van der Waals surface area contributed by atoms with Gasteiger partial charge in [-0.05, 0) is 12.5 Å². The molecular formula is C22H28F2N6O2. The summed E-state index contributed by atoms with van der Waals surface area (Å²) in [5.74, 6) is -1.86. The molecule has 1 amide bonds. The van der Waals surface area contributed by atoms with Gasteiger partial charge in [-0.3, -0.25) is 10.2 Å². The standard InChI is InChI=1S/C22H28F2N6O2/c1-13(31)30-5-3-20(28-15-4-6-32-12-15)17(11-30)22(26)29-21-7-16(14(9-25)10-27-2)18(23)8-19(21)24/h7-10,15,25,27-28H,3-6,11-12H2,1-2H3,(H2,26,29)/b14-10+,25-9?. The van der Waals surface area contributed by atoms with Crippen LogP contribution in [0.3, 0.4) is 0 Å². The zero-order valence-corrected chi connectivity index (χ0v) is 18.1. The first-order valence-corrected chi connectivity index (χ1v) is 10.4. The summed E-state index contributed by atoms with van der Waals surface area (Å²) in [5.41, 5.74) is 1.51. The summed E-state index contributed by atoms with van der Waals surface area (Å²) in [6.45, 7) is 3.42. The highest BCUT2D eigenvalue weighted by Crippen LogP contribution is 2.26. The molecule has 0 saturated carbocycles. The van der Waals surface area contributed by atoms with Crippen LogP contribution in [0.25, 0.3) is 5.57 Å². The smallest absolute Gasteiger partial charge is 0.219 e. The van der Waals surface area contributed by atoms with E-state index in [0.717, 1.165) is 24.4 Å². The van der Waals surface area contributed by atoms with Gasteiger partial charge in [0, 0.05) is 74.4 Å². The summed E-state index contributed by atoms with van der Waals surface area (Å²) >= 11 is 0. The Bertz CT molecular complexity index is 969. The lowest BCUT2D eigenvalue weighted by atomic mass is 10.0. The molecule has 1 atom stereocenters. The van der Waals surface area contributed by atoms with Crippen LogP contribution in [-0.2, 0) is 9.53 Å². The van der Waals surface area contributed by atoms with Crippen molar-refractivity contribution in [1.82, 2.24) is 15.5 Å². The molecule has 0 aromatic heterocycles. The maximum Gasteiger partial charge on any atom is 0.219 e. The molecule has 1 aromatic rings. The van der Waals surface area contributed by atoms with Crippen LogP contribution in [0.2, 0.25) is 0 Å². The number of rotatable bonds is 7. The van der Waals surface area contributed by atoms with Gasteiger partial charge < -0.3 is 31.0 Å². The number of amidine groups is 1. The van der Waals surface area contributed by atoms with Crippen molar-refractivity contribution in [1.29, 1.82) is 10.8 Å². The van der Waals surface area contributed by atoms with Gasteiger partial charge in [0.1, 0.15) is 17.5 Å². The van der Waals surface area contributed by atoms with E-state index in [1.807, 2.05) is 0 Å². The minimum atomic E-state index is -0.858. The molecule has 2 heterocycles. The lowest BCUT2D eigenvalue weighted by Crippen LogP contribution is -2.42. The monoisotopic (exact) mass is 446 g/mol. The maximum absolute atomic E-state index is 14.5. The highest BCUT2D eigenvalue weighted by Gasteiger charge is 2.27. The third-order valence-corrected chi connectivity index (χ3v) is 5.48. The molecule has 32 heavy (non-hydrogen) atoms. The second-order valence-electron chi connectivity index (χ2n) is 7.70. The minimum Gasteiger partial charge on any atom is -0.393 e. The first-order valence-electron chi connectivity index (χ1n) is 10.4. The Morgan fingerprint density at radius 3 is 2.72 bits per heavy atom. The lowest BCUT2D eigenvalue weighted by molar-refractivity contribution is -0.128. The fraction of sp³-hybridized carbons (Fsp3) is 0.409. The summed E-state index contributed by atoms with van der Waals surface area (Å²) in [6.07, 6.45) is 3.77. The molecule has 1 aromatic carbocycles. The number of benzene rings is 1. The van der Waals surface area contributed by atoms with Crippen molar-refractivity contribution in [2.24, 2.45) is 0 Å². The highest BCUT2D eigenvalue weighted by molar-refractivity contribution is 6.10. The van der Waals surface area contributed by atoms with Gasteiger partial charge in [0.15, 0.2) is 0 Å². The average molecular weight is 447 g/mol. The number of nitrogens with zero attached hydrogens (tertiary/aromatic N) is 1. The van der Waals surface area contributed by atoms with Gasteiger partial charge in [-0.25, -0.2) is 8.78 Å². The molecule has 0 radical (unpaired) electrons. The number of amides is 1. The van der Waals surface area contributed by atoms with Crippen molar-refractivity contribution in [3.05, 3.63) is 46.8 Å². The van der Waals surface area contributed by atoms with Crippen LogP contribution in [0.5, 0.6) is 0 Å². The summed E-state index contributed by atoms with van der Waals surface area (Å²) in [5, 5.41) is 25.0. The first kappa shape index (κ1) is 23.4. The zero-order valence-electron chi connectivity index (χ0n) is 18.1. The van der Waals surface area contributed by atoms with E-state index in [2.05, 4.69) is 16.0 Å². The molecule has 1 saturated heterocycles. The van der Waals surface area contributed by atoms with Gasteiger partial charge in [0.2, 0.25) is 5.91 Å². The van der Waals surface area contributed by atoms with Crippen molar-refractivity contribution >= 4 is 29.2 Å². The molecule has 0 spiro atoms. The molecule has 1 unspecified atom stereocenters. The molecule has 0 bridgehead atoms. The third-order valence-electron chi connectivity index (χ3n) is 5.48. The van der Waals surface area contributed by atoms with Gasteiger partial charge in [-0.15, -0.1) is 0 Å².